The summed E-state index contributed by atoms with van der Waals surface area (Å²) in [5.74, 6) is -1.41. The van der Waals surface area contributed by atoms with Gasteiger partial charge in [0.2, 0.25) is 11.8 Å². The fourth-order valence-electron chi connectivity index (χ4n) is 8.28. The van der Waals surface area contributed by atoms with Crippen LogP contribution in [0.15, 0.2) is 29.0 Å². The summed E-state index contributed by atoms with van der Waals surface area (Å²) < 4.78 is 23.2. The first kappa shape index (κ1) is 39.3. The number of aliphatic hydroxyl groups is 1. The molecular formula is C36H51N7O10. The number of ether oxygens (including phenoxy) is 4. The molecule has 5 rings (SSSR count). The third-order valence-electron chi connectivity index (χ3n) is 11.1. The number of amides is 3. The molecule has 1 aromatic carbocycles. The summed E-state index contributed by atoms with van der Waals surface area (Å²) in [6.45, 7) is 1.79. The van der Waals surface area contributed by atoms with Gasteiger partial charge in [-0.15, -0.1) is 0 Å². The highest BCUT2D eigenvalue weighted by Gasteiger charge is 2.72. The Morgan fingerprint density at radius 2 is 1.94 bits per heavy atom. The van der Waals surface area contributed by atoms with Crippen LogP contribution in [0.5, 0.6) is 11.5 Å². The molecule has 17 nitrogen and oxygen atoms in total. The number of nitrogens with two attached hydrogens (primary N) is 1. The Hall–Kier alpha value is -4.90. The van der Waals surface area contributed by atoms with Gasteiger partial charge in [-0.1, -0.05) is 6.07 Å². The maximum Gasteiger partial charge on any atom is 0.415 e. The van der Waals surface area contributed by atoms with Gasteiger partial charge in [0, 0.05) is 64.5 Å². The van der Waals surface area contributed by atoms with Gasteiger partial charge in [0.15, 0.2) is 29.3 Å². The molecule has 0 aromatic heterocycles. The number of nitrogens with one attached hydrogen (secondary N) is 3. The minimum Gasteiger partial charge on any atom is -0.493 e. The first-order chi connectivity index (χ1) is 25.2. The second-order valence-electron chi connectivity index (χ2n) is 14.1. The summed E-state index contributed by atoms with van der Waals surface area (Å²) in [7, 11) is 7.59. The Labute approximate surface area is 308 Å². The van der Waals surface area contributed by atoms with E-state index in [9.17, 15) is 29.1 Å². The Morgan fingerprint density at radius 3 is 2.62 bits per heavy atom. The van der Waals surface area contributed by atoms with Crippen molar-refractivity contribution in [1.29, 1.82) is 0 Å². The molecule has 2 unspecified atom stereocenters. The second-order valence-corrected chi connectivity index (χ2v) is 14.1. The number of rotatable bonds is 15. The average Bonchev–Trinajstić information content (AvgIpc) is 3.50. The number of likely N-dealkylation sites (tertiary alicyclic amines) is 1. The summed E-state index contributed by atoms with van der Waals surface area (Å²) in [5, 5.41) is 20.5. The van der Waals surface area contributed by atoms with Gasteiger partial charge in [-0.25, -0.2) is 9.59 Å². The lowest BCUT2D eigenvalue weighted by molar-refractivity contribution is -0.163. The van der Waals surface area contributed by atoms with Crippen LogP contribution < -0.4 is 31.2 Å². The van der Waals surface area contributed by atoms with Crippen LogP contribution in [-0.2, 0) is 40.5 Å². The number of piperidine rings is 1. The van der Waals surface area contributed by atoms with E-state index < -0.39 is 47.0 Å². The predicted molar refractivity (Wildman–Crippen MR) is 191 cm³/mol. The van der Waals surface area contributed by atoms with Crippen LogP contribution in [0.4, 0.5) is 4.79 Å². The van der Waals surface area contributed by atoms with Crippen molar-refractivity contribution in [1.82, 2.24) is 25.8 Å². The Bertz CT molecular complexity index is 1680. The van der Waals surface area contributed by atoms with E-state index in [1.807, 2.05) is 19.2 Å². The highest BCUT2D eigenvalue weighted by Crippen LogP contribution is 2.65. The average molecular weight is 742 g/mol. The van der Waals surface area contributed by atoms with E-state index in [0.29, 0.717) is 43.9 Å². The van der Waals surface area contributed by atoms with Crippen LogP contribution in [0.1, 0.15) is 50.2 Å². The van der Waals surface area contributed by atoms with E-state index >= 15 is 0 Å². The molecule has 2 aliphatic heterocycles. The topological polar surface area (TPSA) is 223 Å². The molecule has 1 spiro atoms. The largest absolute Gasteiger partial charge is 0.493 e. The SMILES string of the molecule is CN=C(N)NCCCC(CC(=O)CNC(C)=O)C(=O)NC[C@@H](C(=O)OC)N(C)C(=O)OC1=CC[C@@]2(O)C3Cc4ccc(OC)c5c4[C@@]2(CCN3C)[C@H]1O5. The molecule has 2 aliphatic carbocycles. The lowest BCUT2D eigenvalue weighted by atomic mass is 9.50. The predicted octanol–water partition coefficient (Wildman–Crippen LogP) is -0.275. The van der Waals surface area contributed by atoms with Crippen molar-refractivity contribution in [3.05, 3.63) is 35.1 Å². The molecule has 4 aliphatic rings. The van der Waals surface area contributed by atoms with Crippen LogP contribution in [0.2, 0.25) is 0 Å². The molecule has 290 valence electrons. The van der Waals surface area contributed by atoms with Gasteiger partial charge in [0.1, 0.15) is 11.8 Å². The number of Topliss-reactive ketones (excluding diaryl/α,β-unsaturated/α-hetero) is 1. The highest BCUT2D eigenvalue weighted by molar-refractivity contribution is 5.90. The van der Waals surface area contributed by atoms with Crippen molar-refractivity contribution < 1.29 is 48.0 Å². The summed E-state index contributed by atoms with van der Waals surface area (Å²) in [6, 6.07) is 2.35. The molecular weight excluding hydrogens is 690 g/mol. The number of likely N-dealkylation sites (N-methyl/N-ethyl adjacent to an activating group) is 2. The number of ketones is 1. The molecule has 1 saturated heterocycles. The molecule has 6 N–H and O–H groups in total. The highest BCUT2D eigenvalue weighted by atomic mass is 16.6. The van der Waals surface area contributed by atoms with Crippen molar-refractivity contribution >= 4 is 35.6 Å². The number of carbonyl (C=O) groups excluding carboxylic acids is 5. The molecule has 1 aromatic rings. The monoisotopic (exact) mass is 741 g/mol. The quantitative estimate of drug-likeness (QED) is 0.0677. The molecule has 6 atom stereocenters. The van der Waals surface area contributed by atoms with E-state index in [-0.39, 0.29) is 61.8 Å². The minimum atomic E-state index is -1.30. The maximum atomic E-state index is 13.8. The molecule has 2 heterocycles. The summed E-state index contributed by atoms with van der Waals surface area (Å²) in [4.78, 5) is 71.3. The number of hydrogen-bond acceptors (Lipinski definition) is 12. The number of esters is 1. The van der Waals surface area contributed by atoms with Crippen molar-refractivity contribution in [3.8, 4) is 11.5 Å². The zero-order valence-electron chi connectivity index (χ0n) is 31.2. The number of nitrogens with zero attached hydrogens (tertiary/aromatic N) is 3. The summed E-state index contributed by atoms with van der Waals surface area (Å²) in [5.41, 5.74) is 5.50. The van der Waals surface area contributed by atoms with Gasteiger partial charge in [-0.05, 0) is 57.0 Å². The number of guanidine groups is 1. The number of benzene rings is 1. The fraction of sp³-hybridized carbons (Fsp3) is 0.611. The number of aliphatic imine (C=N–C) groups is 1. The van der Waals surface area contributed by atoms with Gasteiger partial charge < -0.3 is 50.6 Å². The van der Waals surface area contributed by atoms with Crippen molar-refractivity contribution in [2.45, 2.75) is 74.7 Å². The third-order valence-corrected chi connectivity index (χ3v) is 11.1. The molecule has 17 heteroatoms. The standard InChI is InChI=1S/C36H51N7O10/c1-20(44)40-18-23(45)16-22(8-7-14-39-33(37)38-2)31(46)41-19-24(32(47)51-6)43(4)34(48)52-26-11-12-36(49)27-17-21-9-10-25(50-5)29-28(21)35(36,30(26)53-29)13-15-42(27)3/h9-11,22,24,27,30,49H,7-8,12-19H2,1-6H3,(H,40,44)(H,41,46)(H3,37,38,39)/t22?,24-,27?,30-,35-,36+/m0/s1. The normalized spacial score (nSPS) is 25.0. The molecule has 2 bridgehead atoms. The fourth-order valence-corrected chi connectivity index (χ4v) is 8.28. The van der Waals surface area contributed by atoms with Gasteiger partial charge in [0.05, 0.1) is 31.8 Å². The van der Waals surface area contributed by atoms with Crippen LogP contribution in [0, 0.1) is 5.92 Å². The Morgan fingerprint density at radius 1 is 1.19 bits per heavy atom. The number of methoxy groups -OCH3 is 2. The van der Waals surface area contributed by atoms with Gasteiger partial charge >= 0.3 is 12.1 Å². The number of hydrogen-bond donors (Lipinski definition) is 5. The van der Waals surface area contributed by atoms with Gasteiger partial charge in [0.25, 0.3) is 0 Å². The minimum absolute atomic E-state index is 0.167. The van der Waals surface area contributed by atoms with E-state index in [1.165, 1.54) is 21.0 Å². The van der Waals surface area contributed by atoms with Crippen LogP contribution in [-0.4, -0.2) is 136 Å². The van der Waals surface area contributed by atoms with Gasteiger partial charge in [-0.2, -0.15) is 0 Å². The van der Waals surface area contributed by atoms with E-state index in [0.717, 1.165) is 23.1 Å². The molecule has 1 fully saturated rings. The Kier molecular flexibility index (Phi) is 11.9. The zero-order chi connectivity index (χ0) is 38.7. The van der Waals surface area contributed by atoms with Crippen molar-refractivity contribution in [3.63, 3.8) is 0 Å². The van der Waals surface area contributed by atoms with E-state index in [4.69, 9.17) is 24.7 Å². The van der Waals surface area contributed by atoms with Gasteiger partial charge in [-0.3, -0.25) is 24.3 Å². The van der Waals surface area contributed by atoms with E-state index in [1.54, 1.807) is 13.2 Å². The third kappa shape index (κ3) is 7.36. The lowest BCUT2D eigenvalue weighted by Gasteiger charge is -2.61. The van der Waals surface area contributed by atoms with E-state index in [2.05, 4.69) is 25.8 Å². The molecule has 0 saturated carbocycles. The smallest absolute Gasteiger partial charge is 0.415 e. The van der Waals surface area contributed by atoms with Crippen LogP contribution in [0.25, 0.3) is 0 Å². The second kappa shape index (κ2) is 16.0. The lowest BCUT2D eigenvalue weighted by Crippen LogP contribution is -2.74. The van der Waals surface area contributed by atoms with Crippen LogP contribution >= 0.6 is 0 Å². The first-order valence-corrected chi connectivity index (χ1v) is 17.7. The molecule has 0 radical (unpaired) electrons. The van der Waals surface area contributed by atoms with Crippen molar-refractivity contribution in [2.24, 2.45) is 16.6 Å². The number of carbonyl (C=O) groups is 5. The summed E-state index contributed by atoms with van der Waals surface area (Å²) >= 11 is 0. The zero-order valence-corrected chi connectivity index (χ0v) is 31.2. The van der Waals surface area contributed by atoms with Crippen LogP contribution in [0.3, 0.4) is 0 Å². The molecule has 3 amide bonds. The Balaban J connectivity index is 1.31. The molecule has 53 heavy (non-hydrogen) atoms. The van der Waals surface area contributed by atoms with Crippen molar-refractivity contribution in [2.75, 3.05) is 61.5 Å². The maximum absolute atomic E-state index is 13.8. The first-order valence-electron chi connectivity index (χ1n) is 17.7. The summed E-state index contributed by atoms with van der Waals surface area (Å²) in [6.07, 6.45) is 1.86.